The van der Waals surface area contributed by atoms with Gasteiger partial charge in [-0.05, 0) is 67.6 Å². The maximum atomic E-state index is 12.2. The molecule has 0 radical (unpaired) electrons. The summed E-state index contributed by atoms with van der Waals surface area (Å²) in [6, 6.07) is 0. The highest BCUT2D eigenvalue weighted by atomic mass is 16.3. The molecule has 3 heteroatoms. The average Bonchev–Trinajstić information content (AvgIpc) is 2.64. The minimum Gasteiger partial charge on any atom is -0.392 e. The summed E-state index contributed by atoms with van der Waals surface area (Å²) in [6.45, 7) is 7.13. The van der Waals surface area contributed by atoms with Crippen molar-refractivity contribution >= 4 is 12.6 Å². The zero-order valence-electron chi connectivity index (χ0n) is 14.9. The van der Waals surface area contributed by atoms with Gasteiger partial charge in [0.2, 0.25) is 0 Å². The van der Waals surface area contributed by atoms with Crippen molar-refractivity contribution < 1.29 is 14.7 Å². The number of aliphatic hydroxyl groups is 1. The van der Waals surface area contributed by atoms with Gasteiger partial charge in [0.1, 0.15) is 12.6 Å². The average molecular weight is 320 g/mol. The second-order valence-corrected chi connectivity index (χ2v) is 9.45. The lowest BCUT2D eigenvalue weighted by Crippen LogP contribution is -2.59. The Labute approximate surface area is 140 Å². The lowest BCUT2D eigenvalue weighted by atomic mass is 9.42. The molecule has 130 valence electrons. The van der Waals surface area contributed by atoms with Gasteiger partial charge in [-0.3, -0.25) is 0 Å². The molecule has 0 saturated heterocycles. The summed E-state index contributed by atoms with van der Waals surface area (Å²) in [5, 5.41) is 10.9. The number of aldehydes is 2. The lowest BCUT2D eigenvalue weighted by Gasteiger charge is -2.62. The molecular formula is C20H32O3. The maximum absolute atomic E-state index is 12.2. The summed E-state index contributed by atoms with van der Waals surface area (Å²) in [4.78, 5) is 23.5. The number of hydrogen-bond donors (Lipinski definition) is 1. The number of hydrogen-bond acceptors (Lipinski definition) is 3. The van der Waals surface area contributed by atoms with E-state index < -0.39 is 11.5 Å². The van der Waals surface area contributed by atoms with Crippen LogP contribution in [-0.4, -0.2) is 23.8 Å². The van der Waals surface area contributed by atoms with Crippen LogP contribution in [0.1, 0.15) is 72.1 Å². The Morgan fingerprint density at radius 3 is 2.35 bits per heavy atom. The standard InChI is InChI=1S/C20H32O3/c1-18(2)8-4-9-19(3)15(18)7-10-20(13-22)16(19)6-5-14(12-21)11-17(20)23/h12-17,23H,4-11H2,1-3H3/t14?,15-,16+,17-,19-,20-/m0/s1. The van der Waals surface area contributed by atoms with Crippen molar-refractivity contribution in [3.63, 3.8) is 0 Å². The van der Waals surface area contributed by atoms with E-state index >= 15 is 0 Å². The molecule has 3 fully saturated rings. The van der Waals surface area contributed by atoms with E-state index in [2.05, 4.69) is 20.8 Å². The van der Waals surface area contributed by atoms with Crippen molar-refractivity contribution in [2.45, 2.75) is 78.2 Å². The molecule has 0 aromatic heterocycles. The van der Waals surface area contributed by atoms with Crippen molar-refractivity contribution in [3.8, 4) is 0 Å². The van der Waals surface area contributed by atoms with Gasteiger partial charge in [0.05, 0.1) is 11.5 Å². The fraction of sp³-hybridized carbons (Fsp3) is 0.900. The fourth-order valence-corrected chi connectivity index (χ4v) is 6.83. The van der Waals surface area contributed by atoms with Crippen LogP contribution in [0.5, 0.6) is 0 Å². The first kappa shape index (κ1) is 17.1. The van der Waals surface area contributed by atoms with Crippen molar-refractivity contribution in [2.75, 3.05) is 0 Å². The van der Waals surface area contributed by atoms with Crippen LogP contribution in [0.25, 0.3) is 0 Å². The Hall–Kier alpha value is -0.700. The number of fused-ring (bicyclic) bond motifs is 3. The zero-order chi connectivity index (χ0) is 16.9. The van der Waals surface area contributed by atoms with E-state index in [0.29, 0.717) is 17.8 Å². The molecule has 0 aromatic carbocycles. The Balaban J connectivity index is 2.04. The third kappa shape index (κ3) is 2.42. The number of carbonyl (C=O) groups excluding carboxylic acids is 2. The molecule has 0 spiro atoms. The van der Waals surface area contributed by atoms with E-state index in [1.54, 1.807) is 0 Å². The molecule has 0 heterocycles. The molecule has 3 aliphatic carbocycles. The monoisotopic (exact) mass is 320 g/mol. The number of aliphatic hydroxyl groups excluding tert-OH is 1. The minimum atomic E-state index is -0.662. The first-order valence-corrected chi connectivity index (χ1v) is 9.40. The third-order valence-electron chi connectivity index (χ3n) is 7.97. The highest BCUT2D eigenvalue weighted by Crippen LogP contribution is 2.66. The molecule has 23 heavy (non-hydrogen) atoms. The quantitative estimate of drug-likeness (QED) is 0.788. The van der Waals surface area contributed by atoms with Gasteiger partial charge >= 0.3 is 0 Å². The fourth-order valence-electron chi connectivity index (χ4n) is 6.83. The van der Waals surface area contributed by atoms with Crippen molar-refractivity contribution in [2.24, 2.45) is 34.0 Å². The molecule has 0 bridgehead atoms. The SMILES string of the molecule is CC1(C)CCC[C@]2(C)[C@H]3CCC(C=O)C[C@H](O)[C@]3(C=O)CC[C@@H]12. The lowest BCUT2D eigenvalue weighted by molar-refractivity contribution is -0.171. The van der Waals surface area contributed by atoms with Gasteiger partial charge in [0.15, 0.2) is 0 Å². The van der Waals surface area contributed by atoms with E-state index in [1.807, 2.05) is 0 Å². The molecule has 3 nitrogen and oxygen atoms in total. The van der Waals surface area contributed by atoms with Crippen molar-refractivity contribution in [1.82, 2.24) is 0 Å². The molecule has 0 amide bonds. The first-order chi connectivity index (χ1) is 10.8. The summed E-state index contributed by atoms with van der Waals surface area (Å²) in [5.41, 5.74) is -0.209. The van der Waals surface area contributed by atoms with Gasteiger partial charge in [-0.15, -0.1) is 0 Å². The predicted octanol–water partition coefficient (Wildman–Crippen LogP) is 3.77. The van der Waals surface area contributed by atoms with Gasteiger partial charge in [-0.25, -0.2) is 0 Å². The van der Waals surface area contributed by atoms with Gasteiger partial charge in [-0.2, -0.15) is 0 Å². The minimum absolute atomic E-state index is 0.0916. The van der Waals surface area contributed by atoms with Gasteiger partial charge in [0, 0.05) is 5.92 Å². The topological polar surface area (TPSA) is 54.4 Å². The Kier molecular flexibility index (Phi) is 4.23. The molecule has 0 aromatic rings. The van der Waals surface area contributed by atoms with E-state index in [4.69, 9.17) is 0 Å². The van der Waals surface area contributed by atoms with Crippen LogP contribution < -0.4 is 0 Å². The van der Waals surface area contributed by atoms with Gasteiger partial charge in [0.25, 0.3) is 0 Å². The number of carbonyl (C=O) groups is 2. The summed E-state index contributed by atoms with van der Waals surface area (Å²) in [5.74, 6) is 0.735. The van der Waals surface area contributed by atoms with Gasteiger partial charge in [-0.1, -0.05) is 27.2 Å². The van der Waals surface area contributed by atoms with Crippen LogP contribution in [0.2, 0.25) is 0 Å². The van der Waals surface area contributed by atoms with Crippen LogP contribution in [0.4, 0.5) is 0 Å². The second-order valence-electron chi connectivity index (χ2n) is 9.45. The molecular weight excluding hydrogens is 288 g/mol. The molecule has 3 aliphatic rings. The van der Waals surface area contributed by atoms with Gasteiger partial charge < -0.3 is 14.7 Å². The number of rotatable bonds is 2. The summed E-state index contributed by atoms with van der Waals surface area (Å²) in [6.07, 6.45) is 9.02. The van der Waals surface area contributed by atoms with Crippen LogP contribution >= 0.6 is 0 Å². The molecule has 0 aliphatic heterocycles. The third-order valence-corrected chi connectivity index (χ3v) is 7.97. The van der Waals surface area contributed by atoms with E-state index in [9.17, 15) is 14.7 Å². The Bertz CT molecular complexity index is 485. The molecule has 6 atom stereocenters. The Morgan fingerprint density at radius 1 is 0.957 bits per heavy atom. The van der Waals surface area contributed by atoms with E-state index in [1.165, 1.54) is 12.8 Å². The van der Waals surface area contributed by atoms with Crippen LogP contribution in [0, 0.1) is 34.0 Å². The van der Waals surface area contributed by atoms with E-state index in [-0.39, 0.29) is 17.3 Å². The largest absolute Gasteiger partial charge is 0.392 e. The molecule has 1 N–H and O–H groups in total. The smallest absolute Gasteiger partial charge is 0.129 e. The van der Waals surface area contributed by atoms with Crippen molar-refractivity contribution in [3.05, 3.63) is 0 Å². The molecule has 3 saturated carbocycles. The van der Waals surface area contributed by atoms with E-state index in [0.717, 1.165) is 44.7 Å². The normalized spacial score (nSPS) is 49.4. The first-order valence-electron chi connectivity index (χ1n) is 9.40. The van der Waals surface area contributed by atoms with Crippen LogP contribution in [-0.2, 0) is 9.59 Å². The summed E-state index contributed by atoms with van der Waals surface area (Å²) < 4.78 is 0. The highest BCUT2D eigenvalue weighted by Gasteiger charge is 2.62. The Morgan fingerprint density at radius 2 is 1.70 bits per heavy atom. The second kappa shape index (κ2) is 5.68. The highest BCUT2D eigenvalue weighted by molar-refractivity contribution is 5.63. The predicted molar refractivity (Wildman–Crippen MR) is 89.9 cm³/mol. The van der Waals surface area contributed by atoms with Crippen LogP contribution in [0.3, 0.4) is 0 Å². The summed E-state index contributed by atoms with van der Waals surface area (Å²) in [7, 11) is 0. The van der Waals surface area contributed by atoms with Crippen molar-refractivity contribution in [1.29, 1.82) is 0 Å². The van der Waals surface area contributed by atoms with Crippen LogP contribution in [0.15, 0.2) is 0 Å². The maximum Gasteiger partial charge on any atom is 0.129 e. The molecule has 1 unspecified atom stereocenters. The molecule has 3 rings (SSSR count). The summed E-state index contributed by atoms with van der Waals surface area (Å²) >= 11 is 0. The zero-order valence-corrected chi connectivity index (χ0v) is 14.9.